The Kier molecular flexibility index (Phi) is 4.22. The van der Waals surface area contributed by atoms with Gasteiger partial charge in [0.1, 0.15) is 0 Å². The predicted molar refractivity (Wildman–Crippen MR) is 81.4 cm³/mol. The molecule has 0 saturated carbocycles. The molecule has 1 fully saturated rings. The first-order valence-corrected chi connectivity index (χ1v) is 8.11. The predicted octanol–water partition coefficient (Wildman–Crippen LogP) is 0.317. The number of rotatable bonds is 3. The van der Waals surface area contributed by atoms with Gasteiger partial charge in [-0.3, -0.25) is 0 Å². The molecule has 20 heavy (non-hydrogen) atoms. The van der Waals surface area contributed by atoms with Crippen molar-refractivity contribution in [1.82, 2.24) is 9.62 Å². The third-order valence-corrected chi connectivity index (χ3v) is 5.29. The molecule has 1 aliphatic heterocycles. The summed E-state index contributed by atoms with van der Waals surface area (Å²) in [5.74, 6) is 0. The zero-order valence-corrected chi connectivity index (χ0v) is 12.9. The molecule has 0 amide bonds. The number of anilines is 2. The van der Waals surface area contributed by atoms with Crippen LogP contribution in [-0.4, -0.2) is 53.1 Å². The molecule has 0 aromatic heterocycles. The maximum atomic E-state index is 11.9. The number of likely N-dealkylation sites (N-methyl/N-ethyl adjacent to an activating group) is 1. The van der Waals surface area contributed by atoms with E-state index in [0.717, 1.165) is 25.3 Å². The second-order valence-corrected chi connectivity index (χ2v) is 7.09. The van der Waals surface area contributed by atoms with Gasteiger partial charge in [-0.05, 0) is 39.2 Å². The van der Waals surface area contributed by atoms with Gasteiger partial charge in [0.15, 0.2) is 0 Å². The van der Waals surface area contributed by atoms with Gasteiger partial charge in [-0.15, -0.1) is 0 Å². The minimum Gasteiger partial charge on any atom is -0.397 e. The summed E-state index contributed by atoms with van der Waals surface area (Å²) < 4.78 is 26.1. The minimum atomic E-state index is -3.44. The van der Waals surface area contributed by atoms with Crippen molar-refractivity contribution in [3.63, 3.8) is 0 Å². The van der Waals surface area contributed by atoms with Crippen molar-refractivity contribution in [3.8, 4) is 0 Å². The average Bonchev–Trinajstić information content (AvgIpc) is 2.42. The van der Waals surface area contributed by atoms with Crippen LogP contribution in [-0.2, 0) is 10.0 Å². The van der Waals surface area contributed by atoms with Gasteiger partial charge < -0.3 is 15.5 Å². The van der Waals surface area contributed by atoms with Crippen molar-refractivity contribution < 1.29 is 8.42 Å². The Morgan fingerprint density at radius 3 is 2.65 bits per heavy atom. The van der Waals surface area contributed by atoms with Crippen LogP contribution in [0.15, 0.2) is 23.1 Å². The maximum absolute atomic E-state index is 11.9. The first-order valence-electron chi connectivity index (χ1n) is 6.63. The van der Waals surface area contributed by atoms with Crippen molar-refractivity contribution in [3.05, 3.63) is 18.2 Å². The van der Waals surface area contributed by atoms with Gasteiger partial charge in [0.25, 0.3) is 0 Å². The molecule has 0 spiro atoms. The van der Waals surface area contributed by atoms with Gasteiger partial charge in [-0.25, -0.2) is 13.1 Å². The van der Waals surface area contributed by atoms with Crippen molar-refractivity contribution >= 4 is 21.4 Å². The van der Waals surface area contributed by atoms with Crippen LogP contribution >= 0.6 is 0 Å². The Hall–Kier alpha value is -1.31. The average molecular weight is 298 g/mol. The summed E-state index contributed by atoms with van der Waals surface area (Å²) in [6.45, 7) is 4.76. The van der Waals surface area contributed by atoms with E-state index in [1.807, 2.05) is 0 Å². The first-order chi connectivity index (χ1) is 9.35. The Balaban J connectivity index is 2.35. The molecular formula is C13H22N4O2S. The molecule has 112 valence electrons. The van der Waals surface area contributed by atoms with Crippen molar-refractivity contribution in [1.29, 1.82) is 0 Å². The topological polar surface area (TPSA) is 78.7 Å². The standard InChI is InChI=1S/C13H22N4O2S/c1-10-9-17(7-6-16(10)3)13-8-11(4-5-12(13)14)20(18,19)15-2/h4-5,8,10,15H,6-7,9,14H2,1-3H3. The molecular weight excluding hydrogens is 276 g/mol. The highest BCUT2D eigenvalue weighted by Gasteiger charge is 2.23. The van der Waals surface area contributed by atoms with E-state index in [1.54, 1.807) is 12.1 Å². The second kappa shape index (κ2) is 5.59. The van der Waals surface area contributed by atoms with Gasteiger partial charge in [-0.1, -0.05) is 0 Å². The Labute approximate surface area is 120 Å². The fourth-order valence-electron chi connectivity index (χ4n) is 2.35. The summed E-state index contributed by atoms with van der Waals surface area (Å²) in [6.07, 6.45) is 0. The highest BCUT2D eigenvalue weighted by atomic mass is 32.2. The van der Waals surface area contributed by atoms with E-state index in [2.05, 4.69) is 28.5 Å². The van der Waals surface area contributed by atoms with Crippen LogP contribution in [0.3, 0.4) is 0 Å². The molecule has 1 saturated heterocycles. The van der Waals surface area contributed by atoms with Gasteiger partial charge in [0, 0.05) is 25.7 Å². The third kappa shape index (κ3) is 2.89. The van der Waals surface area contributed by atoms with Crippen LogP contribution in [0.2, 0.25) is 0 Å². The normalized spacial score (nSPS) is 21.1. The summed E-state index contributed by atoms with van der Waals surface area (Å²) in [5, 5.41) is 0. The fraction of sp³-hybridized carbons (Fsp3) is 0.538. The van der Waals surface area contributed by atoms with Crippen LogP contribution in [0.5, 0.6) is 0 Å². The van der Waals surface area contributed by atoms with E-state index in [9.17, 15) is 8.42 Å². The third-order valence-electron chi connectivity index (χ3n) is 3.88. The Morgan fingerprint density at radius 1 is 1.35 bits per heavy atom. The van der Waals surface area contributed by atoms with E-state index in [4.69, 9.17) is 5.73 Å². The summed E-state index contributed by atoms with van der Waals surface area (Å²) in [7, 11) is 0.0535. The molecule has 1 unspecified atom stereocenters. The first kappa shape index (κ1) is 15.1. The second-order valence-electron chi connectivity index (χ2n) is 5.20. The number of hydrogen-bond acceptors (Lipinski definition) is 5. The molecule has 1 aromatic rings. The van der Waals surface area contributed by atoms with Crippen LogP contribution < -0.4 is 15.4 Å². The molecule has 0 radical (unpaired) electrons. The van der Waals surface area contributed by atoms with Gasteiger partial charge in [0.2, 0.25) is 10.0 Å². The van der Waals surface area contributed by atoms with Crippen molar-refractivity contribution in [2.45, 2.75) is 17.9 Å². The molecule has 1 atom stereocenters. The zero-order valence-electron chi connectivity index (χ0n) is 12.1. The summed E-state index contributed by atoms with van der Waals surface area (Å²) in [6, 6.07) is 5.25. The number of hydrogen-bond donors (Lipinski definition) is 2. The number of piperazine rings is 1. The van der Waals surface area contributed by atoms with Crippen LogP contribution in [0, 0.1) is 0 Å². The number of nitrogen functional groups attached to an aromatic ring is 1. The zero-order chi connectivity index (χ0) is 14.9. The van der Waals surface area contributed by atoms with Gasteiger partial charge >= 0.3 is 0 Å². The minimum absolute atomic E-state index is 0.246. The van der Waals surface area contributed by atoms with Crippen LogP contribution in [0.1, 0.15) is 6.92 Å². The SMILES string of the molecule is CNS(=O)(=O)c1ccc(N)c(N2CCN(C)C(C)C2)c1. The Morgan fingerprint density at radius 2 is 2.05 bits per heavy atom. The van der Waals surface area contributed by atoms with Crippen LogP contribution in [0.25, 0.3) is 0 Å². The summed E-state index contributed by atoms with van der Waals surface area (Å²) >= 11 is 0. The summed E-state index contributed by atoms with van der Waals surface area (Å²) in [4.78, 5) is 4.67. The molecule has 0 bridgehead atoms. The van der Waals surface area contributed by atoms with Gasteiger partial charge in [0.05, 0.1) is 16.3 Å². The molecule has 0 aliphatic carbocycles. The lowest BCUT2D eigenvalue weighted by atomic mass is 10.1. The lowest BCUT2D eigenvalue weighted by Crippen LogP contribution is -2.50. The van der Waals surface area contributed by atoms with Gasteiger partial charge in [-0.2, -0.15) is 0 Å². The van der Waals surface area contributed by atoms with Crippen molar-refractivity contribution in [2.75, 3.05) is 44.4 Å². The lowest BCUT2D eigenvalue weighted by Gasteiger charge is -2.39. The Bertz CT molecular complexity index is 588. The molecule has 7 heteroatoms. The van der Waals surface area contributed by atoms with Crippen molar-refractivity contribution in [2.24, 2.45) is 0 Å². The number of benzene rings is 1. The number of sulfonamides is 1. The monoisotopic (exact) mass is 298 g/mol. The molecule has 3 N–H and O–H groups in total. The maximum Gasteiger partial charge on any atom is 0.240 e. The highest BCUT2D eigenvalue weighted by Crippen LogP contribution is 2.28. The molecule has 6 nitrogen and oxygen atoms in total. The molecule has 1 aliphatic rings. The highest BCUT2D eigenvalue weighted by molar-refractivity contribution is 7.89. The number of nitrogens with two attached hydrogens (primary N) is 1. The van der Waals surface area contributed by atoms with E-state index >= 15 is 0 Å². The fourth-order valence-corrected chi connectivity index (χ4v) is 3.10. The quantitative estimate of drug-likeness (QED) is 0.786. The number of nitrogens with zero attached hydrogens (tertiary/aromatic N) is 2. The molecule has 1 aromatic carbocycles. The molecule has 1 heterocycles. The smallest absolute Gasteiger partial charge is 0.240 e. The largest absolute Gasteiger partial charge is 0.397 e. The lowest BCUT2D eigenvalue weighted by molar-refractivity contribution is 0.234. The summed E-state index contributed by atoms with van der Waals surface area (Å²) in [5.41, 5.74) is 7.42. The van der Waals surface area contributed by atoms with E-state index in [-0.39, 0.29) is 4.90 Å². The molecule has 2 rings (SSSR count). The number of nitrogens with one attached hydrogen (secondary N) is 1. The van der Waals surface area contributed by atoms with E-state index < -0.39 is 10.0 Å². The van der Waals surface area contributed by atoms with Crippen LogP contribution in [0.4, 0.5) is 11.4 Å². The van der Waals surface area contributed by atoms with E-state index in [0.29, 0.717) is 11.7 Å². The van der Waals surface area contributed by atoms with E-state index in [1.165, 1.54) is 13.1 Å².